The van der Waals surface area contributed by atoms with Crippen molar-refractivity contribution < 1.29 is 0 Å². The maximum Gasteiger partial charge on any atom is 0.245 e. The first-order valence-electron chi connectivity index (χ1n) is 4.67. The number of nitrogens with zero attached hydrogens (tertiary/aromatic N) is 3. The van der Waals surface area contributed by atoms with Crippen molar-refractivity contribution in [2.45, 2.75) is 6.92 Å². The van der Waals surface area contributed by atoms with Crippen molar-refractivity contribution >= 4 is 17.6 Å². The molecule has 2 aromatic rings. The Kier molecular flexibility index (Phi) is 2.32. The van der Waals surface area contributed by atoms with Gasteiger partial charge in [0, 0.05) is 26.0 Å². The monoisotopic (exact) mass is 206 g/mol. The minimum Gasteiger partial charge on any atom is -0.363 e. The van der Waals surface area contributed by atoms with Gasteiger partial charge in [-0.3, -0.25) is 0 Å². The zero-order valence-corrected chi connectivity index (χ0v) is 9.00. The van der Waals surface area contributed by atoms with Gasteiger partial charge in [0.2, 0.25) is 11.9 Å². The average Bonchev–Trinajstić information content (AvgIpc) is 2.76. The van der Waals surface area contributed by atoms with E-state index in [9.17, 15) is 0 Å². The summed E-state index contributed by atoms with van der Waals surface area (Å²) in [6.07, 6.45) is 1.88. The average molecular weight is 206 g/mol. The molecule has 2 rings (SSSR count). The van der Waals surface area contributed by atoms with Crippen LogP contribution in [-0.2, 0) is 0 Å². The number of aryl methyl sites for hydroxylation is 1. The van der Waals surface area contributed by atoms with Crippen LogP contribution in [0.15, 0.2) is 12.3 Å². The Hall–Kier alpha value is -1.98. The Balaban J connectivity index is 2.11. The summed E-state index contributed by atoms with van der Waals surface area (Å²) >= 11 is 0. The molecule has 15 heavy (non-hydrogen) atoms. The van der Waals surface area contributed by atoms with Gasteiger partial charge in [-0.2, -0.15) is 4.98 Å². The van der Waals surface area contributed by atoms with Gasteiger partial charge in [-0.25, -0.2) is 5.10 Å². The third-order valence-corrected chi connectivity index (χ3v) is 1.96. The van der Waals surface area contributed by atoms with Crippen LogP contribution in [0.5, 0.6) is 0 Å². The van der Waals surface area contributed by atoms with E-state index in [0.29, 0.717) is 11.9 Å². The fourth-order valence-electron chi connectivity index (χ4n) is 1.23. The fraction of sp³-hybridized carbons (Fsp3) is 0.333. The van der Waals surface area contributed by atoms with Crippen LogP contribution in [0.1, 0.15) is 5.69 Å². The van der Waals surface area contributed by atoms with Crippen molar-refractivity contribution in [2.24, 2.45) is 0 Å². The van der Waals surface area contributed by atoms with Crippen molar-refractivity contribution in [2.75, 3.05) is 24.3 Å². The summed E-state index contributed by atoms with van der Waals surface area (Å²) in [7, 11) is 3.79. The van der Waals surface area contributed by atoms with Gasteiger partial charge in [-0.15, -0.1) is 5.10 Å². The zero-order valence-electron chi connectivity index (χ0n) is 9.00. The smallest absolute Gasteiger partial charge is 0.245 e. The number of rotatable bonds is 3. The van der Waals surface area contributed by atoms with Crippen molar-refractivity contribution in [1.82, 2.24) is 20.2 Å². The van der Waals surface area contributed by atoms with Crippen LogP contribution in [-0.4, -0.2) is 34.3 Å². The summed E-state index contributed by atoms with van der Waals surface area (Å²) in [6, 6.07) is 2.00. The second-order valence-electron chi connectivity index (χ2n) is 3.57. The minimum atomic E-state index is 0.637. The van der Waals surface area contributed by atoms with Gasteiger partial charge in [-0.1, -0.05) is 0 Å². The topological polar surface area (TPSA) is 72.6 Å². The number of aromatic amines is 2. The molecule has 0 bridgehead atoms. The quantitative estimate of drug-likeness (QED) is 0.706. The second-order valence-corrected chi connectivity index (χ2v) is 3.57. The van der Waals surface area contributed by atoms with Crippen molar-refractivity contribution in [1.29, 1.82) is 0 Å². The molecule has 0 fully saturated rings. The largest absolute Gasteiger partial charge is 0.363 e. The number of hydrogen-bond acceptors (Lipinski definition) is 4. The van der Waals surface area contributed by atoms with Gasteiger partial charge in [-0.05, 0) is 13.0 Å². The van der Waals surface area contributed by atoms with Gasteiger partial charge in [0.05, 0.1) is 5.69 Å². The molecule has 0 aromatic carbocycles. The van der Waals surface area contributed by atoms with Crippen LogP contribution in [0.25, 0.3) is 0 Å². The lowest BCUT2D eigenvalue weighted by atomic mass is 10.4. The molecule has 2 heterocycles. The molecule has 6 heteroatoms. The van der Waals surface area contributed by atoms with Gasteiger partial charge in [0.25, 0.3) is 0 Å². The molecule has 0 unspecified atom stereocenters. The number of H-pyrrole nitrogens is 2. The molecule has 3 N–H and O–H groups in total. The Bertz CT molecular complexity index is 441. The first kappa shape index (κ1) is 9.57. The lowest BCUT2D eigenvalue weighted by Crippen LogP contribution is -2.10. The molecule has 0 atom stereocenters. The highest BCUT2D eigenvalue weighted by molar-refractivity contribution is 5.53. The molecule has 2 aromatic heterocycles. The minimum absolute atomic E-state index is 0.637. The number of nitrogens with one attached hydrogen (secondary N) is 3. The third-order valence-electron chi connectivity index (χ3n) is 1.96. The highest BCUT2D eigenvalue weighted by atomic mass is 15.4. The Labute approximate surface area is 87.7 Å². The van der Waals surface area contributed by atoms with Crippen LogP contribution >= 0.6 is 0 Å². The predicted molar refractivity (Wildman–Crippen MR) is 59.5 cm³/mol. The van der Waals surface area contributed by atoms with Gasteiger partial charge in [0.15, 0.2) is 0 Å². The summed E-state index contributed by atoms with van der Waals surface area (Å²) < 4.78 is 0. The van der Waals surface area contributed by atoms with E-state index in [1.807, 2.05) is 38.2 Å². The Morgan fingerprint density at radius 2 is 2.20 bits per heavy atom. The van der Waals surface area contributed by atoms with E-state index in [2.05, 4.69) is 25.5 Å². The molecule has 80 valence electrons. The van der Waals surface area contributed by atoms with Gasteiger partial charge >= 0.3 is 0 Å². The van der Waals surface area contributed by atoms with E-state index in [0.717, 1.165) is 11.4 Å². The molecule has 0 amide bonds. The molecule has 0 spiro atoms. The van der Waals surface area contributed by atoms with Crippen molar-refractivity contribution in [3.8, 4) is 0 Å². The summed E-state index contributed by atoms with van der Waals surface area (Å²) in [5.41, 5.74) is 2.07. The predicted octanol–water partition coefficient (Wildman–Crippen LogP) is 1.25. The molecule has 0 saturated carbocycles. The van der Waals surface area contributed by atoms with Crippen LogP contribution in [0.2, 0.25) is 0 Å². The van der Waals surface area contributed by atoms with Gasteiger partial charge < -0.3 is 15.2 Å². The van der Waals surface area contributed by atoms with Gasteiger partial charge in [0.1, 0.15) is 0 Å². The maximum absolute atomic E-state index is 4.25. The summed E-state index contributed by atoms with van der Waals surface area (Å²) in [5.74, 6) is 1.29. The number of hydrogen-bond donors (Lipinski definition) is 3. The standard InChI is InChI=1S/C9H14N6/c1-6-4-7(5-10-6)11-8-12-9(14-13-8)15(2)3/h4-5,10H,1-3H3,(H2,11,12,13,14). The molecule has 6 nitrogen and oxygen atoms in total. The summed E-state index contributed by atoms with van der Waals surface area (Å²) in [5, 5.41) is 9.97. The van der Waals surface area contributed by atoms with E-state index in [4.69, 9.17) is 0 Å². The molecule has 0 aliphatic rings. The highest BCUT2D eigenvalue weighted by Gasteiger charge is 2.04. The lowest BCUT2D eigenvalue weighted by Gasteiger charge is -2.03. The molecule has 0 saturated heterocycles. The highest BCUT2D eigenvalue weighted by Crippen LogP contribution is 2.14. The van der Waals surface area contributed by atoms with Crippen LogP contribution in [0.4, 0.5) is 17.6 Å². The normalized spacial score (nSPS) is 10.3. The fourth-order valence-corrected chi connectivity index (χ4v) is 1.23. The van der Waals surface area contributed by atoms with E-state index >= 15 is 0 Å². The molecule has 0 aliphatic carbocycles. The second kappa shape index (κ2) is 3.64. The molecular weight excluding hydrogens is 192 g/mol. The zero-order chi connectivity index (χ0) is 10.8. The van der Waals surface area contributed by atoms with E-state index in [1.54, 1.807) is 0 Å². The van der Waals surface area contributed by atoms with E-state index in [1.165, 1.54) is 0 Å². The van der Waals surface area contributed by atoms with Crippen molar-refractivity contribution in [3.05, 3.63) is 18.0 Å². The van der Waals surface area contributed by atoms with E-state index < -0.39 is 0 Å². The molecule has 0 aliphatic heterocycles. The molecule has 0 radical (unpaired) electrons. The number of aromatic nitrogens is 4. The lowest BCUT2D eigenvalue weighted by molar-refractivity contribution is 0.999. The third kappa shape index (κ3) is 2.09. The summed E-state index contributed by atoms with van der Waals surface area (Å²) in [4.78, 5) is 9.17. The molecular formula is C9H14N6. The van der Waals surface area contributed by atoms with Crippen molar-refractivity contribution in [3.63, 3.8) is 0 Å². The number of anilines is 3. The first-order chi connectivity index (χ1) is 7.15. The van der Waals surface area contributed by atoms with Crippen LogP contribution < -0.4 is 10.2 Å². The first-order valence-corrected chi connectivity index (χ1v) is 4.67. The van der Waals surface area contributed by atoms with Crippen LogP contribution in [0.3, 0.4) is 0 Å². The maximum atomic E-state index is 4.25. The Morgan fingerprint density at radius 1 is 1.40 bits per heavy atom. The summed E-state index contributed by atoms with van der Waals surface area (Å²) in [6.45, 7) is 2.00. The Morgan fingerprint density at radius 3 is 2.73 bits per heavy atom. The SMILES string of the molecule is Cc1cc(Nc2nc(N(C)C)n[nH]2)c[nH]1. The van der Waals surface area contributed by atoms with E-state index in [-0.39, 0.29) is 0 Å². The van der Waals surface area contributed by atoms with Crippen LogP contribution in [0, 0.1) is 6.92 Å².